The van der Waals surface area contributed by atoms with E-state index in [9.17, 15) is 28.5 Å². The Bertz CT molecular complexity index is 1070. The second-order valence-corrected chi connectivity index (χ2v) is 9.16. The molecule has 178 valence electrons. The van der Waals surface area contributed by atoms with Gasteiger partial charge in [0.25, 0.3) is 0 Å². The summed E-state index contributed by atoms with van der Waals surface area (Å²) in [7, 11) is 0. The Morgan fingerprint density at radius 1 is 1.15 bits per heavy atom. The van der Waals surface area contributed by atoms with Crippen LogP contribution in [0.3, 0.4) is 0 Å². The van der Waals surface area contributed by atoms with Crippen molar-refractivity contribution in [2.45, 2.75) is 42.1 Å². The van der Waals surface area contributed by atoms with Gasteiger partial charge in [0.1, 0.15) is 23.3 Å². The first kappa shape index (κ1) is 25.6. The first-order chi connectivity index (χ1) is 15.7. The Labute approximate surface area is 199 Å². The molecule has 0 fully saturated rings. The van der Waals surface area contributed by atoms with Gasteiger partial charge in [0.15, 0.2) is 17.5 Å². The maximum absolute atomic E-state index is 13.5. The fourth-order valence-electron chi connectivity index (χ4n) is 2.77. The quantitative estimate of drug-likeness (QED) is 0.201. The Kier molecular flexibility index (Phi) is 8.84. The molecule has 0 bridgehead atoms. The minimum atomic E-state index is -1.59. The van der Waals surface area contributed by atoms with Crippen molar-refractivity contribution < 1.29 is 33.2 Å². The molecule has 0 aliphatic rings. The van der Waals surface area contributed by atoms with E-state index >= 15 is 0 Å². The highest BCUT2D eigenvalue weighted by Crippen LogP contribution is 2.30. The Morgan fingerprint density at radius 2 is 1.85 bits per heavy atom. The first-order valence-corrected chi connectivity index (χ1v) is 11.3. The summed E-state index contributed by atoms with van der Waals surface area (Å²) >= 11 is 4.42. The SMILES string of the molecule is C[C@@H](O)C(CO)OC(Sc1cncc(Br)c1)[C@@H](O)Cn1cc(-c2cc(F)c(F)c(F)c2)nn1. The van der Waals surface area contributed by atoms with Crippen LogP contribution in [0.5, 0.6) is 0 Å². The van der Waals surface area contributed by atoms with Gasteiger partial charge in [-0.15, -0.1) is 5.10 Å². The molecule has 0 radical (unpaired) electrons. The van der Waals surface area contributed by atoms with E-state index in [1.54, 1.807) is 18.5 Å². The number of benzene rings is 1. The monoisotopic (exact) mass is 548 g/mol. The van der Waals surface area contributed by atoms with Gasteiger partial charge in [-0.3, -0.25) is 4.98 Å². The van der Waals surface area contributed by atoms with Crippen molar-refractivity contribution in [3.63, 3.8) is 0 Å². The van der Waals surface area contributed by atoms with Gasteiger partial charge in [-0.05, 0) is 41.1 Å². The lowest BCUT2D eigenvalue weighted by Crippen LogP contribution is -2.39. The van der Waals surface area contributed by atoms with E-state index in [0.717, 1.165) is 23.9 Å². The standard InChI is InChI=1S/C20H20BrF3N4O4S/c1-10(30)18(9-29)32-20(33-13-4-12(21)5-25-6-13)17(31)8-28-7-16(26-27-28)11-2-14(22)19(24)15(23)3-11/h2-7,10,17-18,20,29-31H,8-9H2,1H3/t10-,17+,18?,20?/m1/s1. The predicted molar refractivity (Wildman–Crippen MR) is 117 cm³/mol. The third-order valence-corrected chi connectivity index (χ3v) is 6.05. The summed E-state index contributed by atoms with van der Waals surface area (Å²) in [6.45, 7) is 0.823. The highest BCUT2D eigenvalue weighted by atomic mass is 79.9. The number of pyridine rings is 1. The number of rotatable bonds is 10. The zero-order valence-corrected chi connectivity index (χ0v) is 19.5. The molecule has 0 saturated heterocycles. The number of aliphatic hydroxyl groups excluding tert-OH is 3. The lowest BCUT2D eigenvalue weighted by molar-refractivity contribution is -0.0972. The maximum Gasteiger partial charge on any atom is 0.194 e. The molecule has 2 heterocycles. The zero-order valence-electron chi connectivity index (χ0n) is 17.1. The number of hydrogen-bond acceptors (Lipinski definition) is 8. The molecular weight excluding hydrogens is 529 g/mol. The van der Waals surface area contributed by atoms with Gasteiger partial charge < -0.3 is 20.1 Å². The second kappa shape index (κ2) is 11.4. The smallest absolute Gasteiger partial charge is 0.194 e. The van der Waals surface area contributed by atoms with E-state index in [1.807, 2.05) is 0 Å². The van der Waals surface area contributed by atoms with Crippen molar-refractivity contribution in [3.05, 3.63) is 58.7 Å². The van der Waals surface area contributed by atoms with E-state index in [-0.39, 0.29) is 17.8 Å². The van der Waals surface area contributed by atoms with Crippen molar-refractivity contribution >= 4 is 27.7 Å². The largest absolute Gasteiger partial charge is 0.394 e. The third kappa shape index (κ3) is 6.74. The highest BCUT2D eigenvalue weighted by molar-refractivity contribution is 9.10. The average Bonchev–Trinajstić information content (AvgIpc) is 3.22. The van der Waals surface area contributed by atoms with E-state index < -0.39 is 47.8 Å². The third-order valence-electron chi connectivity index (χ3n) is 4.47. The zero-order chi connectivity index (χ0) is 24.1. The number of halogens is 4. The Hall–Kier alpha value is -2.03. The summed E-state index contributed by atoms with van der Waals surface area (Å²) < 4.78 is 47.9. The normalized spacial score (nSPS) is 15.3. The molecular formula is C20H20BrF3N4O4S. The van der Waals surface area contributed by atoms with Crippen molar-refractivity contribution in [1.29, 1.82) is 0 Å². The number of thioether (sulfide) groups is 1. The van der Waals surface area contributed by atoms with Crippen LogP contribution in [-0.2, 0) is 11.3 Å². The van der Waals surface area contributed by atoms with Crippen LogP contribution >= 0.6 is 27.7 Å². The molecule has 0 amide bonds. The molecule has 3 aromatic rings. The molecule has 3 rings (SSSR count). The number of aliphatic hydroxyl groups is 3. The minimum Gasteiger partial charge on any atom is -0.394 e. The molecule has 0 spiro atoms. The molecule has 2 aromatic heterocycles. The summed E-state index contributed by atoms with van der Waals surface area (Å²) in [6, 6.07) is 3.34. The molecule has 1 aromatic carbocycles. The minimum absolute atomic E-state index is 0.0241. The average molecular weight is 549 g/mol. The number of hydrogen-bond donors (Lipinski definition) is 3. The van der Waals surface area contributed by atoms with Gasteiger partial charge in [0, 0.05) is 27.3 Å². The lowest BCUT2D eigenvalue weighted by atomic mass is 10.1. The van der Waals surface area contributed by atoms with Crippen LogP contribution < -0.4 is 0 Å². The van der Waals surface area contributed by atoms with Crippen LogP contribution in [0, 0.1) is 17.5 Å². The molecule has 0 saturated carbocycles. The Morgan fingerprint density at radius 3 is 2.45 bits per heavy atom. The van der Waals surface area contributed by atoms with Crippen LogP contribution in [0.15, 0.2) is 46.2 Å². The molecule has 13 heteroatoms. The fraction of sp³-hybridized carbons (Fsp3) is 0.350. The summed E-state index contributed by atoms with van der Waals surface area (Å²) in [5, 5.41) is 37.8. The van der Waals surface area contributed by atoms with Gasteiger partial charge in [-0.25, -0.2) is 17.9 Å². The van der Waals surface area contributed by atoms with Crippen molar-refractivity contribution in [2.75, 3.05) is 6.61 Å². The maximum atomic E-state index is 13.5. The summed E-state index contributed by atoms with van der Waals surface area (Å²) in [4.78, 5) is 4.70. The van der Waals surface area contributed by atoms with Gasteiger partial charge >= 0.3 is 0 Å². The van der Waals surface area contributed by atoms with Crippen LogP contribution in [0.4, 0.5) is 13.2 Å². The van der Waals surface area contributed by atoms with E-state index in [1.165, 1.54) is 17.8 Å². The molecule has 2 unspecified atom stereocenters. The molecule has 33 heavy (non-hydrogen) atoms. The molecule has 3 N–H and O–H groups in total. The highest BCUT2D eigenvalue weighted by Gasteiger charge is 2.28. The number of nitrogens with zero attached hydrogens (tertiary/aromatic N) is 4. The predicted octanol–water partition coefficient (Wildman–Crippen LogP) is 2.76. The van der Waals surface area contributed by atoms with Crippen LogP contribution in [0.1, 0.15) is 6.92 Å². The molecule has 0 aliphatic heterocycles. The van der Waals surface area contributed by atoms with E-state index in [2.05, 4.69) is 31.2 Å². The van der Waals surface area contributed by atoms with Crippen molar-refractivity contribution in [3.8, 4) is 11.3 Å². The van der Waals surface area contributed by atoms with E-state index in [0.29, 0.717) is 9.37 Å². The number of aromatic nitrogens is 4. The Balaban J connectivity index is 1.79. The molecule has 0 aliphatic carbocycles. The number of ether oxygens (including phenoxy) is 1. The second-order valence-electron chi connectivity index (χ2n) is 7.07. The van der Waals surface area contributed by atoms with E-state index in [4.69, 9.17) is 4.74 Å². The topological polar surface area (TPSA) is 114 Å². The lowest BCUT2D eigenvalue weighted by Gasteiger charge is -2.28. The van der Waals surface area contributed by atoms with Gasteiger partial charge in [-0.2, -0.15) is 0 Å². The molecule has 8 nitrogen and oxygen atoms in total. The van der Waals surface area contributed by atoms with Crippen LogP contribution in [-0.4, -0.2) is 65.7 Å². The first-order valence-electron chi connectivity index (χ1n) is 9.62. The summed E-state index contributed by atoms with van der Waals surface area (Å²) in [5.41, 5.74) is -0.913. The van der Waals surface area contributed by atoms with Gasteiger partial charge in [-0.1, -0.05) is 17.0 Å². The summed E-state index contributed by atoms with van der Waals surface area (Å²) in [6.07, 6.45) is 1.29. The van der Waals surface area contributed by atoms with Crippen molar-refractivity contribution in [2.24, 2.45) is 0 Å². The summed E-state index contributed by atoms with van der Waals surface area (Å²) in [5.74, 6) is -4.31. The van der Waals surface area contributed by atoms with Crippen LogP contribution in [0.2, 0.25) is 0 Å². The van der Waals surface area contributed by atoms with Crippen molar-refractivity contribution in [1.82, 2.24) is 20.0 Å². The van der Waals surface area contributed by atoms with Gasteiger partial charge in [0.05, 0.1) is 25.5 Å². The molecule has 4 atom stereocenters. The van der Waals surface area contributed by atoms with Gasteiger partial charge in [0.2, 0.25) is 0 Å². The fourth-order valence-corrected chi connectivity index (χ4v) is 4.31. The van der Waals surface area contributed by atoms with Crippen LogP contribution in [0.25, 0.3) is 11.3 Å².